The fraction of sp³-hybridized carbons (Fsp3) is 0.357. The number of aromatic nitrogens is 1. The summed E-state index contributed by atoms with van der Waals surface area (Å²) in [4.78, 5) is 11.1. The van der Waals surface area contributed by atoms with Crippen molar-refractivity contribution < 1.29 is 9.90 Å². The molecule has 1 atom stereocenters. The lowest BCUT2D eigenvalue weighted by Crippen LogP contribution is -2.41. The molecule has 1 aromatic carbocycles. The first-order chi connectivity index (χ1) is 8.54. The summed E-state index contributed by atoms with van der Waals surface area (Å²) in [7, 11) is 2.00. The SMILES string of the molecule is Cn1ccc2cc(C3(C(N)C(=O)O)CC3)ccc21. The Hall–Kier alpha value is -1.81. The normalized spacial score (nSPS) is 18.8. The molecule has 3 N–H and O–H groups in total. The van der Waals surface area contributed by atoms with Crippen LogP contribution in [0.1, 0.15) is 18.4 Å². The molecule has 1 unspecified atom stereocenters. The Bertz CT molecular complexity index is 626. The van der Waals surface area contributed by atoms with Gasteiger partial charge in [0, 0.05) is 24.2 Å². The van der Waals surface area contributed by atoms with E-state index in [4.69, 9.17) is 10.8 Å². The van der Waals surface area contributed by atoms with Crippen LogP contribution < -0.4 is 5.73 Å². The Morgan fingerprint density at radius 2 is 2.17 bits per heavy atom. The van der Waals surface area contributed by atoms with Crippen LogP contribution in [0, 0.1) is 0 Å². The molecule has 3 rings (SSSR count). The predicted molar refractivity (Wildman–Crippen MR) is 69.4 cm³/mol. The van der Waals surface area contributed by atoms with E-state index in [2.05, 4.69) is 10.6 Å². The Morgan fingerprint density at radius 3 is 2.78 bits per heavy atom. The third-order valence-electron chi connectivity index (χ3n) is 4.11. The maximum absolute atomic E-state index is 11.1. The second-order valence-electron chi connectivity index (χ2n) is 5.17. The van der Waals surface area contributed by atoms with Crippen LogP contribution in [0.25, 0.3) is 10.9 Å². The van der Waals surface area contributed by atoms with Gasteiger partial charge in [-0.25, -0.2) is 0 Å². The Kier molecular flexibility index (Phi) is 2.25. The zero-order chi connectivity index (χ0) is 12.9. The number of carbonyl (C=O) groups is 1. The van der Waals surface area contributed by atoms with Crippen molar-refractivity contribution in [2.75, 3.05) is 0 Å². The van der Waals surface area contributed by atoms with Gasteiger partial charge in [0.25, 0.3) is 0 Å². The quantitative estimate of drug-likeness (QED) is 0.862. The van der Waals surface area contributed by atoms with E-state index in [1.165, 1.54) is 0 Å². The van der Waals surface area contributed by atoms with Crippen LogP contribution in [0.3, 0.4) is 0 Å². The van der Waals surface area contributed by atoms with E-state index in [-0.39, 0.29) is 5.41 Å². The highest BCUT2D eigenvalue weighted by atomic mass is 16.4. The van der Waals surface area contributed by atoms with Crippen molar-refractivity contribution in [2.45, 2.75) is 24.3 Å². The van der Waals surface area contributed by atoms with Gasteiger partial charge in [-0.1, -0.05) is 6.07 Å². The Labute approximate surface area is 105 Å². The van der Waals surface area contributed by atoms with Crippen molar-refractivity contribution in [2.24, 2.45) is 12.8 Å². The molecule has 1 saturated carbocycles. The molecule has 94 valence electrons. The second kappa shape index (κ2) is 3.59. The summed E-state index contributed by atoms with van der Waals surface area (Å²) in [5.74, 6) is -0.916. The monoisotopic (exact) mass is 244 g/mol. The summed E-state index contributed by atoms with van der Waals surface area (Å²) < 4.78 is 2.05. The van der Waals surface area contributed by atoms with E-state index in [1.54, 1.807) is 0 Å². The van der Waals surface area contributed by atoms with Crippen LogP contribution in [-0.2, 0) is 17.3 Å². The van der Waals surface area contributed by atoms with E-state index in [9.17, 15) is 4.79 Å². The van der Waals surface area contributed by atoms with Crippen LogP contribution >= 0.6 is 0 Å². The van der Waals surface area contributed by atoms with Crippen molar-refractivity contribution in [3.05, 3.63) is 36.0 Å². The zero-order valence-electron chi connectivity index (χ0n) is 10.3. The molecule has 18 heavy (non-hydrogen) atoms. The predicted octanol–water partition coefficient (Wildman–Crippen LogP) is 1.62. The van der Waals surface area contributed by atoms with Gasteiger partial charge in [0.2, 0.25) is 0 Å². The third-order valence-corrected chi connectivity index (χ3v) is 4.11. The Balaban J connectivity index is 2.07. The molecule has 4 nitrogen and oxygen atoms in total. The molecular weight excluding hydrogens is 228 g/mol. The topological polar surface area (TPSA) is 68.2 Å². The number of rotatable bonds is 3. The van der Waals surface area contributed by atoms with Gasteiger partial charge in [-0.3, -0.25) is 4.79 Å². The first-order valence-corrected chi connectivity index (χ1v) is 6.08. The summed E-state index contributed by atoms with van der Waals surface area (Å²) in [6.45, 7) is 0. The number of benzene rings is 1. The van der Waals surface area contributed by atoms with E-state index < -0.39 is 12.0 Å². The number of carboxylic acids is 1. The summed E-state index contributed by atoms with van der Waals surface area (Å²) in [6, 6.07) is 7.36. The number of nitrogens with two attached hydrogens (primary N) is 1. The molecule has 2 aromatic rings. The molecule has 0 bridgehead atoms. The number of nitrogens with zero attached hydrogens (tertiary/aromatic N) is 1. The lowest BCUT2D eigenvalue weighted by atomic mass is 9.88. The van der Waals surface area contributed by atoms with E-state index in [1.807, 2.05) is 31.4 Å². The highest BCUT2D eigenvalue weighted by molar-refractivity contribution is 5.82. The van der Waals surface area contributed by atoms with Gasteiger partial charge in [-0.2, -0.15) is 0 Å². The standard InChI is InChI=1S/C14H16N2O2/c1-16-7-4-9-8-10(2-3-11(9)16)14(5-6-14)12(15)13(17)18/h2-4,7-8,12H,5-6,15H2,1H3,(H,17,18). The average molecular weight is 244 g/mol. The first-order valence-electron chi connectivity index (χ1n) is 6.08. The van der Waals surface area contributed by atoms with Crippen LogP contribution in [0.15, 0.2) is 30.5 Å². The number of aliphatic carboxylic acids is 1. The summed E-state index contributed by atoms with van der Waals surface area (Å²) in [5.41, 5.74) is 7.69. The zero-order valence-corrected chi connectivity index (χ0v) is 10.3. The van der Waals surface area contributed by atoms with E-state index in [0.717, 1.165) is 29.3 Å². The fourth-order valence-electron chi connectivity index (χ4n) is 2.74. The second-order valence-corrected chi connectivity index (χ2v) is 5.17. The molecule has 1 aliphatic carbocycles. The lowest BCUT2D eigenvalue weighted by molar-refractivity contribution is -0.139. The van der Waals surface area contributed by atoms with Gasteiger partial charge in [-0.05, 0) is 42.0 Å². The van der Waals surface area contributed by atoms with Crippen LogP contribution in [0.5, 0.6) is 0 Å². The third kappa shape index (κ3) is 1.46. The van der Waals surface area contributed by atoms with E-state index >= 15 is 0 Å². The van der Waals surface area contributed by atoms with Crippen molar-refractivity contribution in [3.8, 4) is 0 Å². The van der Waals surface area contributed by atoms with E-state index in [0.29, 0.717) is 0 Å². The molecule has 1 aromatic heterocycles. The number of hydrogen-bond acceptors (Lipinski definition) is 2. The van der Waals surface area contributed by atoms with Crippen LogP contribution in [0.2, 0.25) is 0 Å². The highest BCUT2D eigenvalue weighted by Gasteiger charge is 2.52. The fourth-order valence-corrected chi connectivity index (χ4v) is 2.74. The molecule has 1 fully saturated rings. The van der Waals surface area contributed by atoms with Crippen LogP contribution in [0.4, 0.5) is 0 Å². The molecule has 1 aliphatic rings. The van der Waals surface area contributed by atoms with Gasteiger partial charge in [0.15, 0.2) is 0 Å². The van der Waals surface area contributed by atoms with Crippen molar-refractivity contribution in [3.63, 3.8) is 0 Å². The van der Waals surface area contributed by atoms with Gasteiger partial charge >= 0.3 is 5.97 Å². The van der Waals surface area contributed by atoms with Crippen molar-refractivity contribution in [1.82, 2.24) is 4.57 Å². The van der Waals surface area contributed by atoms with Crippen LogP contribution in [-0.4, -0.2) is 21.7 Å². The maximum Gasteiger partial charge on any atom is 0.321 e. The number of hydrogen-bond donors (Lipinski definition) is 2. The molecule has 0 aliphatic heterocycles. The van der Waals surface area contributed by atoms with Gasteiger partial charge in [0.1, 0.15) is 6.04 Å². The first kappa shape index (κ1) is 11.3. The largest absolute Gasteiger partial charge is 0.480 e. The smallest absolute Gasteiger partial charge is 0.321 e. The molecule has 0 radical (unpaired) electrons. The Morgan fingerprint density at radius 1 is 1.44 bits per heavy atom. The lowest BCUT2D eigenvalue weighted by Gasteiger charge is -2.20. The molecule has 0 amide bonds. The van der Waals surface area contributed by atoms with Crippen molar-refractivity contribution in [1.29, 1.82) is 0 Å². The average Bonchev–Trinajstić information content (AvgIpc) is 3.09. The van der Waals surface area contributed by atoms with Crippen molar-refractivity contribution >= 4 is 16.9 Å². The molecule has 4 heteroatoms. The minimum Gasteiger partial charge on any atom is -0.480 e. The number of carboxylic acid groups (broad SMARTS) is 1. The molecule has 0 spiro atoms. The molecule has 0 saturated heterocycles. The molecular formula is C14H16N2O2. The molecule has 1 heterocycles. The maximum atomic E-state index is 11.1. The van der Waals surface area contributed by atoms with Gasteiger partial charge in [-0.15, -0.1) is 0 Å². The minimum atomic E-state index is -0.916. The van der Waals surface area contributed by atoms with Gasteiger partial charge in [0.05, 0.1) is 0 Å². The highest BCUT2D eigenvalue weighted by Crippen LogP contribution is 2.50. The summed E-state index contributed by atoms with van der Waals surface area (Å²) >= 11 is 0. The van der Waals surface area contributed by atoms with Gasteiger partial charge < -0.3 is 15.4 Å². The summed E-state index contributed by atoms with van der Waals surface area (Å²) in [5, 5.41) is 10.2. The number of aryl methyl sites for hydroxylation is 1. The minimum absolute atomic E-state index is 0.351. The number of fused-ring (bicyclic) bond motifs is 1. The summed E-state index contributed by atoms with van der Waals surface area (Å²) in [6.07, 6.45) is 3.72.